The predicted molar refractivity (Wildman–Crippen MR) is 100 cm³/mol. The fraction of sp³-hybridized carbons (Fsp3) is 0.0952. The van der Waals surface area contributed by atoms with Crippen LogP contribution in [0.3, 0.4) is 0 Å². The zero-order valence-electron chi connectivity index (χ0n) is 13.6. The van der Waals surface area contributed by atoms with E-state index in [9.17, 15) is 5.26 Å². The molecule has 0 aliphatic rings. The summed E-state index contributed by atoms with van der Waals surface area (Å²) in [5.41, 5.74) is 5.82. The van der Waals surface area contributed by atoms with Gasteiger partial charge in [-0.3, -0.25) is 0 Å². The summed E-state index contributed by atoms with van der Waals surface area (Å²) in [5, 5.41) is 10.2. The normalized spacial score (nSPS) is 11.3. The molecule has 0 amide bonds. The van der Waals surface area contributed by atoms with Gasteiger partial charge in [0.15, 0.2) is 0 Å². The molecule has 1 aromatic heterocycles. The maximum absolute atomic E-state index is 9.55. The van der Waals surface area contributed by atoms with Crippen molar-refractivity contribution in [2.45, 2.75) is 13.8 Å². The van der Waals surface area contributed by atoms with Gasteiger partial charge in [0, 0.05) is 22.1 Å². The van der Waals surface area contributed by atoms with Gasteiger partial charge in [-0.25, -0.2) is 0 Å². The van der Waals surface area contributed by atoms with Crippen LogP contribution in [0.15, 0.2) is 60.7 Å². The Morgan fingerprint density at radius 3 is 2.46 bits per heavy atom. The van der Waals surface area contributed by atoms with E-state index in [4.69, 9.17) is 11.6 Å². The van der Waals surface area contributed by atoms with E-state index >= 15 is 0 Å². The maximum Gasteiger partial charge on any atom is 0.0998 e. The zero-order chi connectivity index (χ0) is 17.1. The molecule has 0 radical (unpaired) electrons. The Hall–Kier alpha value is -2.76. The molecule has 24 heavy (non-hydrogen) atoms. The van der Waals surface area contributed by atoms with E-state index in [2.05, 4.69) is 42.7 Å². The standard InChI is InChI=1S/C21H17ClN2/c1-15-11-18(16(2)24(15)21-9-4-3-5-10-21)12-19(14-23)17-7-6-8-20(22)13-17/h3-13H,1-2H3/b19-12-. The molecule has 2 aromatic carbocycles. The Labute approximate surface area is 147 Å². The first-order chi connectivity index (χ1) is 11.6. The minimum absolute atomic E-state index is 0.603. The van der Waals surface area contributed by atoms with Gasteiger partial charge in [0.1, 0.15) is 0 Å². The van der Waals surface area contributed by atoms with Crippen LogP contribution in [0.25, 0.3) is 17.3 Å². The number of hydrogen-bond donors (Lipinski definition) is 0. The van der Waals surface area contributed by atoms with Crippen molar-refractivity contribution in [2.75, 3.05) is 0 Å². The summed E-state index contributed by atoms with van der Waals surface area (Å²) in [5.74, 6) is 0. The summed E-state index contributed by atoms with van der Waals surface area (Å²) in [4.78, 5) is 0. The van der Waals surface area contributed by atoms with Gasteiger partial charge in [-0.05, 0) is 61.4 Å². The zero-order valence-corrected chi connectivity index (χ0v) is 14.4. The Balaban J connectivity index is 2.09. The van der Waals surface area contributed by atoms with E-state index in [1.165, 1.54) is 0 Å². The number of nitrogens with zero attached hydrogens (tertiary/aromatic N) is 2. The molecule has 0 fully saturated rings. The van der Waals surface area contributed by atoms with E-state index in [1.807, 2.05) is 42.5 Å². The van der Waals surface area contributed by atoms with Crippen LogP contribution in [0, 0.1) is 25.2 Å². The third-order valence-corrected chi connectivity index (χ3v) is 4.28. The largest absolute Gasteiger partial charge is 0.318 e. The summed E-state index contributed by atoms with van der Waals surface area (Å²) in [6, 6.07) is 22.0. The molecule has 1 heterocycles. The molecule has 0 aliphatic carbocycles. The van der Waals surface area contributed by atoms with Gasteiger partial charge in [0.05, 0.1) is 11.6 Å². The van der Waals surface area contributed by atoms with Crippen molar-refractivity contribution < 1.29 is 0 Å². The van der Waals surface area contributed by atoms with Crippen LogP contribution in [-0.2, 0) is 0 Å². The highest BCUT2D eigenvalue weighted by molar-refractivity contribution is 6.30. The highest BCUT2D eigenvalue weighted by atomic mass is 35.5. The second-order valence-corrected chi connectivity index (χ2v) is 6.11. The Morgan fingerprint density at radius 2 is 1.79 bits per heavy atom. The SMILES string of the molecule is Cc1cc(/C=C(/C#N)c2cccc(Cl)c2)c(C)n1-c1ccccc1. The van der Waals surface area contributed by atoms with Crippen LogP contribution in [0.1, 0.15) is 22.5 Å². The lowest BCUT2D eigenvalue weighted by atomic mass is 10.0. The first kappa shape index (κ1) is 16.1. The van der Waals surface area contributed by atoms with Gasteiger partial charge >= 0.3 is 0 Å². The summed E-state index contributed by atoms with van der Waals surface area (Å²) in [6.07, 6.45) is 1.92. The average Bonchev–Trinajstić information content (AvgIpc) is 2.87. The maximum atomic E-state index is 9.55. The second kappa shape index (κ2) is 6.78. The summed E-state index contributed by atoms with van der Waals surface area (Å²) >= 11 is 6.05. The van der Waals surface area contributed by atoms with Crippen molar-refractivity contribution in [1.29, 1.82) is 5.26 Å². The minimum Gasteiger partial charge on any atom is -0.318 e. The molecule has 0 saturated heterocycles. The predicted octanol–water partition coefficient (Wildman–Crippen LogP) is 5.81. The molecule has 0 bridgehead atoms. The van der Waals surface area contributed by atoms with Gasteiger partial charge in [0.25, 0.3) is 0 Å². The molecule has 0 spiro atoms. The van der Waals surface area contributed by atoms with Crippen LogP contribution >= 0.6 is 11.6 Å². The minimum atomic E-state index is 0.603. The Kier molecular flexibility index (Phi) is 4.55. The van der Waals surface area contributed by atoms with Crippen molar-refractivity contribution in [2.24, 2.45) is 0 Å². The summed E-state index contributed by atoms with van der Waals surface area (Å²) in [6.45, 7) is 4.14. The lowest BCUT2D eigenvalue weighted by Crippen LogP contribution is -1.98. The Bertz CT molecular complexity index is 944. The second-order valence-electron chi connectivity index (χ2n) is 5.68. The topological polar surface area (TPSA) is 28.7 Å². The van der Waals surface area contributed by atoms with E-state index in [-0.39, 0.29) is 0 Å². The molecule has 0 aliphatic heterocycles. The first-order valence-corrected chi connectivity index (χ1v) is 8.10. The lowest BCUT2D eigenvalue weighted by Gasteiger charge is -2.09. The third-order valence-electron chi connectivity index (χ3n) is 4.04. The average molecular weight is 333 g/mol. The number of para-hydroxylation sites is 1. The van der Waals surface area contributed by atoms with Crippen molar-refractivity contribution in [1.82, 2.24) is 4.57 Å². The first-order valence-electron chi connectivity index (χ1n) is 7.72. The third kappa shape index (κ3) is 3.13. The van der Waals surface area contributed by atoms with Crippen molar-refractivity contribution in [3.63, 3.8) is 0 Å². The fourth-order valence-corrected chi connectivity index (χ4v) is 3.09. The van der Waals surface area contributed by atoms with E-state index in [0.717, 1.165) is 28.2 Å². The molecule has 2 nitrogen and oxygen atoms in total. The smallest absolute Gasteiger partial charge is 0.0998 e. The van der Waals surface area contributed by atoms with E-state index in [0.29, 0.717) is 10.6 Å². The molecule has 0 saturated carbocycles. The molecule has 3 aromatic rings. The monoisotopic (exact) mass is 332 g/mol. The lowest BCUT2D eigenvalue weighted by molar-refractivity contribution is 0.964. The summed E-state index contributed by atoms with van der Waals surface area (Å²) < 4.78 is 2.19. The highest BCUT2D eigenvalue weighted by Gasteiger charge is 2.10. The molecule has 0 unspecified atom stereocenters. The number of halogens is 1. The number of allylic oxidation sites excluding steroid dienone is 1. The molecule has 0 atom stereocenters. The molecule has 3 heteroatoms. The molecule has 118 valence electrons. The number of benzene rings is 2. The molecular weight excluding hydrogens is 316 g/mol. The van der Waals surface area contributed by atoms with Gasteiger partial charge in [-0.15, -0.1) is 0 Å². The van der Waals surface area contributed by atoms with Crippen LogP contribution < -0.4 is 0 Å². The highest BCUT2D eigenvalue weighted by Crippen LogP contribution is 2.26. The van der Waals surface area contributed by atoms with Crippen LogP contribution in [0.2, 0.25) is 5.02 Å². The van der Waals surface area contributed by atoms with Crippen LogP contribution in [0.5, 0.6) is 0 Å². The van der Waals surface area contributed by atoms with Crippen LogP contribution in [0.4, 0.5) is 0 Å². The van der Waals surface area contributed by atoms with Gasteiger partial charge in [0.2, 0.25) is 0 Å². The number of rotatable bonds is 3. The fourth-order valence-electron chi connectivity index (χ4n) is 2.90. The molecule has 0 N–H and O–H groups in total. The molecular formula is C21H17ClN2. The van der Waals surface area contributed by atoms with Gasteiger partial charge in [-0.1, -0.05) is 41.9 Å². The number of aromatic nitrogens is 1. The molecule has 3 rings (SSSR count). The van der Waals surface area contributed by atoms with Crippen molar-refractivity contribution in [3.8, 4) is 11.8 Å². The number of hydrogen-bond acceptors (Lipinski definition) is 1. The van der Waals surface area contributed by atoms with Crippen molar-refractivity contribution >= 4 is 23.3 Å². The van der Waals surface area contributed by atoms with Gasteiger partial charge < -0.3 is 4.57 Å². The van der Waals surface area contributed by atoms with E-state index in [1.54, 1.807) is 6.07 Å². The number of aryl methyl sites for hydroxylation is 1. The summed E-state index contributed by atoms with van der Waals surface area (Å²) in [7, 11) is 0. The Morgan fingerprint density at radius 1 is 1.04 bits per heavy atom. The van der Waals surface area contributed by atoms with Crippen molar-refractivity contribution in [3.05, 3.63) is 88.2 Å². The van der Waals surface area contributed by atoms with Crippen LogP contribution in [-0.4, -0.2) is 4.57 Å². The number of nitriles is 1. The van der Waals surface area contributed by atoms with Gasteiger partial charge in [-0.2, -0.15) is 5.26 Å². The quantitative estimate of drug-likeness (QED) is 0.556. The van der Waals surface area contributed by atoms with E-state index < -0.39 is 0 Å².